The molecule has 9 atom stereocenters. The van der Waals surface area contributed by atoms with Crippen molar-refractivity contribution in [1.29, 1.82) is 0 Å². The fraction of sp³-hybridized carbons (Fsp3) is 0.657. The highest BCUT2D eigenvalue weighted by Crippen LogP contribution is 2.39. The highest BCUT2D eigenvalue weighted by Gasteiger charge is 2.58. The molecule has 0 saturated carbocycles. The van der Waals surface area contributed by atoms with Crippen LogP contribution in [0.4, 0.5) is 4.79 Å². The van der Waals surface area contributed by atoms with Crippen LogP contribution < -0.4 is 5.32 Å². The summed E-state index contributed by atoms with van der Waals surface area (Å²) in [5, 5.41) is 12.2. The van der Waals surface area contributed by atoms with E-state index in [0.717, 1.165) is 18.5 Å². The third-order valence-corrected chi connectivity index (χ3v) is 10.0. The van der Waals surface area contributed by atoms with E-state index in [2.05, 4.69) is 34.1 Å². The van der Waals surface area contributed by atoms with Gasteiger partial charge in [-0.05, 0) is 83.4 Å². The van der Waals surface area contributed by atoms with Crippen LogP contribution in [-0.2, 0) is 25.6 Å². The lowest BCUT2D eigenvalue weighted by Crippen LogP contribution is -2.60. The highest BCUT2D eigenvalue weighted by atomic mass is 16.6. The second-order valence-corrected chi connectivity index (χ2v) is 13.6. The smallest absolute Gasteiger partial charge is 0.410 e. The molecule has 2 aromatic rings. The third-order valence-electron chi connectivity index (χ3n) is 10.0. The first-order chi connectivity index (χ1) is 22.4. The summed E-state index contributed by atoms with van der Waals surface area (Å²) in [6.45, 7) is 17.0. The minimum Gasteiger partial charge on any atom is -0.458 e. The molecule has 0 unspecified atom stereocenters. The number of Topliss-reactive ketones (excluding diaryl/α,β-unsaturated/α-hetero) is 1. The van der Waals surface area contributed by atoms with Crippen molar-refractivity contribution in [2.24, 2.45) is 23.7 Å². The van der Waals surface area contributed by atoms with Gasteiger partial charge in [0, 0.05) is 31.2 Å². The number of aromatic nitrogens is 4. The van der Waals surface area contributed by atoms with E-state index in [4.69, 9.17) is 17.3 Å². The minimum atomic E-state index is -1.14. The number of amides is 1. The molecule has 254 valence electrons. The van der Waals surface area contributed by atoms with E-state index in [-0.39, 0.29) is 23.7 Å². The average molecular weight is 647 g/mol. The number of cyclic esters (lactones) is 1. The maximum atomic E-state index is 13.5. The molecule has 1 N–H and O–H groups in total. The van der Waals surface area contributed by atoms with Crippen LogP contribution in [0.3, 0.4) is 0 Å². The SMILES string of the molecule is [B][C@H]1[C@@H](CC=C)C[C@@H](C)CN[C@H](C)[C@H]2N(CCCCn3cc(-c4ccccn4)nn3)C(=O)O[C@]2(C)[C@@H](CC)OC(=O)[C@H](C)C(=O)[C@@H]1C. The van der Waals surface area contributed by atoms with Crippen molar-refractivity contribution < 1.29 is 23.9 Å². The Morgan fingerprint density at radius 1 is 1.13 bits per heavy atom. The summed E-state index contributed by atoms with van der Waals surface area (Å²) in [5.41, 5.74) is 0.325. The molecule has 4 rings (SSSR count). The van der Waals surface area contributed by atoms with Crippen molar-refractivity contribution in [2.45, 2.75) is 110 Å². The van der Waals surface area contributed by atoms with Gasteiger partial charge >= 0.3 is 12.1 Å². The number of ether oxygens (including phenoxy) is 2. The molecule has 0 bridgehead atoms. The zero-order valence-electron chi connectivity index (χ0n) is 28.8. The van der Waals surface area contributed by atoms with Gasteiger partial charge in [-0.2, -0.15) is 0 Å². The maximum absolute atomic E-state index is 13.5. The van der Waals surface area contributed by atoms with E-state index in [1.165, 1.54) is 0 Å². The molecule has 0 spiro atoms. The van der Waals surface area contributed by atoms with Gasteiger partial charge in [-0.1, -0.05) is 43.9 Å². The molecule has 2 aliphatic rings. The Hall–Kier alpha value is -3.54. The Bertz CT molecular complexity index is 1370. The van der Waals surface area contributed by atoms with E-state index in [1.54, 1.807) is 29.6 Å². The van der Waals surface area contributed by atoms with Crippen molar-refractivity contribution in [3.05, 3.63) is 43.2 Å². The molecule has 47 heavy (non-hydrogen) atoms. The van der Waals surface area contributed by atoms with Crippen LogP contribution in [0.5, 0.6) is 0 Å². The lowest BCUT2D eigenvalue weighted by molar-refractivity contribution is -0.170. The van der Waals surface area contributed by atoms with Crippen LogP contribution in [0.1, 0.15) is 73.6 Å². The summed E-state index contributed by atoms with van der Waals surface area (Å²) in [6.07, 6.45) is 7.56. The minimum absolute atomic E-state index is 0.0264. The van der Waals surface area contributed by atoms with Gasteiger partial charge in [-0.25, -0.2) is 4.79 Å². The summed E-state index contributed by atoms with van der Waals surface area (Å²) in [4.78, 5) is 46.6. The number of carbonyl (C=O) groups is 3. The molecular formula is C35H51BN6O5. The number of hydrogen-bond acceptors (Lipinski definition) is 9. The molecule has 4 heterocycles. The van der Waals surface area contributed by atoms with Gasteiger partial charge in [-0.3, -0.25) is 24.2 Å². The van der Waals surface area contributed by atoms with Crippen LogP contribution in [-0.4, -0.2) is 87.4 Å². The van der Waals surface area contributed by atoms with E-state index < -0.39 is 47.5 Å². The first-order valence-corrected chi connectivity index (χ1v) is 17.1. The number of hydrogen-bond donors (Lipinski definition) is 1. The summed E-state index contributed by atoms with van der Waals surface area (Å²) in [7, 11) is 6.67. The quantitative estimate of drug-likeness (QED) is 0.131. The van der Waals surface area contributed by atoms with Crippen molar-refractivity contribution in [3.8, 4) is 11.4 Å². The molecule has 2 aliphatic heterocycles. The van der Waals surface area contributed by atoms with E-state index in [9.17, 15) is 14.4 Å². The molecule has 2 radical (unpaired) electrons. The Labute approximate surface area is 280 Å². The molecule has 11 nitrogen and oxygen atoms in total. The number of ketones is 1. The standard InChI is InChI=1S/C35H51BN6O5/c1-8-14-26-19-22(3)20-38-25(6)32-35(7,29(9-2)46-33(44)24(5)31(43)23(4)30(26)36)47-34(45)42(32)18-13-12-17-41-21-28(39-40-41)27-15-10-11-16-37-27/h8,10-11,15-16,21-26,29-30,32,38H,1,9,12-14,17-20H2,2-7H3/t22-,23-,24-,25-,26+,29-,30-,32-,35-/m1/s1. The van der Waals surface area contributed by atoms with Crippen LogP contribution in [0.25, 0.3) is 11.4 Å². The fourth-order valence-corrected chi connectivity index (χ4v) is 7.26. The molecule has 1 amide bonds. The van der Waals surface area contributed by atoms with Crippen LogP contribution in [0.15, 0.2) is 43.2 Å². The second-order valence-electron chi connectivity index (χ2n) is 13.6. The molecule has 2 aromatic heterocycles. The number of unbranched alkanes of at least 4 members (excludes halogenated alkanes) is 1. The Balaban J connectivity index is 1.53. The van der Waals surface area contributed by atoms with Gasteiger partial charge in [0.1, 0.15) is 23.5 Å². The Morgan fingerprint density at radius 3 is 2.55 bits per heavy atom. The van der Waals surface area contributed by atoms with Gasteiger partial charge in [0.15, 0.2) is 5.60 Å². The monoisotopic (exact) mass is 646 g/mol. The van der Waals surface area contributed by atoms with Gasteiger partial charge in [-0.15, -0.1) is 11.7 Å². The van der Waals surface area contributed by atoms with Crippen LogP contribution in [0.2, 0.25) is 5.82 Å². The van der Waals surface area contributed by atoms with Crippen molar-refractivity contribution in [3.63, 3.8) is 0 Å². The first kappa shape index (κ1) is 36.3. The molecule has 0 aromatic carbocycles. The lowest BCUT2D eigenvalue weighted by Gasteiger charge is -2.40. The summed E-state index contributed by atoms with van der Waals surface area (Å²) >= 11 is 0. The average Bonchev–Trinajstić information content (AvgIpc) is 3.64. The highest BCUT2D eigenvalue weighted by molar-refractivity contribution is 6.15. The second kappa shape index (κ2) is 16.0. The largest absolute Gasteiger partial charge is 0.458 e. The number of nitrogens with zero attached hydrogens (tertiary/aromatic N) is 5. The molecule has 0 aliphatic carbocycles. The molecule has 2 saturated heterocycles. The maximum Gasteiger partial charge on any atom is 0.410 e. The van der Waals surface area contributed by atoms with E-state index >= 15 is 0 Å². The number of esters is 1. The Morgan fingerprint density at radius 2 is 1.87 bits per heavy atom. The molecule has 12 heteroatoms. The van der Waals surface area contributed by atoms with Crippen LogP contribution in [0, 0.1) is 23.7 Å². The number of aryl methyl sites for hydroxylation is 1. The topological polar surface area (TPSA) is 129 Å². The zero-order valence-corrected chi connectivity index (χ0v) is 28.8. The predicted molar refractivity (Wildman–Crippen MR) is 180 cm³/mol. The third kappa shape index (κ3) is 8.31. The lowest BCUT2D eigenvalue weighted by atomic mass is 9.63. The fourth-order valence-electron chi connectivity index (χ4n) is 7.26. The molecular weight excluding hydrogens is 595 g/mol. The van der Waals surface area contributed by atoms with E-state index in [0.29, 0.717) is 44.6 Å². The van der Waals surface area contributed by atoms with Crippen molar-refractivity contribution in [1.82, 2.24) is 30.2 Å². The zero-order chi connectivity index (χ0) is 34.3. The number of nitrogens with one attached hydrogen (secondary N) is 1. The predicted octanol–water partition coefficient (Wildman–Crippen LogP) is 5.03. The number of allylic oxidation sites excluding steroid dienone is 1. The number of carbonyl (C=O) groups excluding carboxylic acids is 3. The summed E-state index contributed by atoms with van der Waals surface area (Å²) in [6, 6.07) is 5.04. The number of pyridine rings is 1. The van der Waals surface area contributed by atoms with Crippen molar-refractivity contribution >= 4 is 25.7 Å². The van der Waals surface area contributed by atoms with Gasteiger partial charge < -0.3 is 14.8 Å². The summed E-state index contributed by atoms with van der Waals surface area (Å²) in [5.74, 6) is -2.57. The van der Waals surface area contributed by atoms with Gasteiger partial charge in [0.05, 0.1) is 25.8 Å². The van der Waals surface area contributed by atoms with Crippen molar-refractivity contribution in [2.75, 3.05) is 13.1 Å². The Kier molecular flexibility index (Phi) is 12.4. The van der Waals surface area contributed by atoms with E-state index in [1.807, 2.05) is 51.2 Å². The van der Waals surface area contributed by atoms with Gasteiger partial charge in [0.25, 0.3) is 0 Å². The van der Waals surface area contributed by atoms with Gasteiger partial charge in [0.2, 0.25) is 0 Å². The molecule has 2 fully saturated rings. The number of rotatable bonds is 9. The van der Waals surface area contributed by atoms with Crippen LogP contribution >= 0.6 is 0 Å². The normalized spacial score (nSPS) is 32.6. The number of fused-ring (bicyclic) bond motifs is 1. The summed E-state index contributed by atoms with van der Waals surface area (Å²) < 4.78 is 14.0. The first-order valence-electron chi connectivity index (χ1n) is 17.1.